The van der Waals surface area contributed by atoms with Crippen LogP contribution in [0.3, 0.4) is 0 Å². The third-order valence-corrected chi connectivity index (χ3v) is 3.44. The summed E-state index contributed by atoms with van der Waals surface area (Å²) in [6.45, 7) is 1.54. The summed E-state index contributed by atoms with van der Waals surface area (Å²) in [5.41, 5.74) is 0.499. The topological polar surface area (TPSA) is 84.2 Å². The SMILES string of the molecule is COc1c(S(C)(=O)=O)ccc(C(=O)C#N)c1C. The second-order valence-corrected chi connectivity index (χ2v) is 5.47. The molecule has 0 atom stereocenters. The molecule has 0 radical (unpaired) electrons. The fraction of sp³-hybridized carbons (Fsp3) is 0.273. The summed E-state index contributed by atoms with van der Waals surface area (Å²) in [6.07, 6.45) is 1.05. The molecule has 0 bridgehead atoms. The highest BCUT2D eigenvalue weighted by molar-refractivity contribution is 7.90. The Bertz CT molecular complexity index is 611. The highest BCUT2D eigenvalue weighted by Gasteiger charge is 2.20. The van der Waals surface area contributed by atoms with Gasteiger partial charge in [-0.3, -0.25) is 4.79 Å². The summed E-state index contributed by atoms with van der Waals surface area (Å²) < 4.78 is 28.0. The first-order valence-electron chi connectivity index (χ1n) is 4.65. The first kappa shape index (κ1) is 13.2. The van der Waals surface area contributed by atoms with Gasteiger partial charge in [0.15, 0.2) is 9.84 Å². The van der Waals surface area contributed by atoms with Gasteiger partial charge in [-0.15, -0.1) is 0 Å². The Morgan fingerprint density at radius 3 is 2.41 bits per heavy atom. The number of methoxy groups -OCH3 is 1. The number of rotatable bonds is 3. The summed E-state index contributed by atoms with van der Waals surface area (Å²) in [5.74, 6) is -0.616. The number of hydrogen-bond acceptors (Lipinski definition) is 5. The second-order valence-electron chi connectivity index (χ2n) is 3.48. The summed E-state index contributed by atoms with van der Waals surface area (Å²) >= 11 is 0. The third kappa shape index (κ3) is 2.45. The van der Waals surface area contributed by atoms with E-state index in [0.717, 1.165) is 6.26 Å². The zero-order valence-corrected chi connectivity index (χ0v) is 10.5. The minimum Gasteiger partial charge on any atom is -0.495 e. The maximum Gasteiger partial charge on any atom is 0.262 e. The standard InChI is InChI=1S/C11H11NO4S/c1-7-8(9(13)6-12)4-5-10(11(7)16-2)17(3,14)15/h4-5H,1-3H3. The average Bonchev–Trinajstić information content (AvgIpc) is 2.26. The van der Waals surface area contributed by atoms with E-state index in [1.807, 2.05) is 0 Å². The molecule has 0 fully saturated rings. The predicted molar refractivity (Wildman–Crippen MR) is 60.8 cm³/mol. The molecule has 5 nitrogen and oxygen atoms in total. The number of sulfone groups is 1. The molecule has 90 valence electrons. The molecule has 0 spiro atoms. The van der Waals surface area contributed by atoms with Gasteiger partial charge in [-0.2, -0.15) is 5.26 Å². The number of benzene rings is 1. The van der Waals surface area contributed by atoms with Crippen LogP contribution in [0.4, 0.5) is 0 Å². The second kappa shape index (κ2) is 4.55. The van der Waals surface area contributed by atoms with Gasteiger partial charge in [-0.1, -0.05) is 0 Å². The van der Waals surface area contributed by atoms with Crippen molar-refractivity contribution in [3.63, 3.8) is 0 Å². The molecule has 1 rings (SSSR count). The quantitative estimate of drug-likeness (QED) is 0.595. The van der Waals surface area contributed by atoms with Gasteiger partial charge >= 0.3 is 0 Å². The van der Waals surface area contributed by atoms with Crippen molar-refractivity contribution in [3.8, 4) is 11.8 Å². The molecule has 1 aromatic carbocycles. The number of ketones is 1. The first-order chi connectivity index (χ1) is 7.82. The minimum absolute atomic E-state index is 0.00647. The van der Waals surface area contributed by atoms with Crippen molar-refractivity contribution in [2.45, 2.75) is 11.8 Å². The number of hydrogen-bond donors (Lipinski definition) is 0. The van der Waals surface area contributed by atoms with E-state index >= 15 is 0 Å². The van der Waals surface area contributed by atoms with Crippen molar-refractivity contribution in [1.82, 2.24) is 0 Å². The highest BCUT2D eigenvalue weighted by atomic mass is 32.2. The maximum absolute atomic E-state index is 11.5. The van der Waals surface area contributed by atoms with E-state index < -0.39 is 15.6 Å². The van der Waals surface area contributed by atoms with E-state index in [1.165, 1.54) is 32.2 Å². The van der Waals surface area contributed by atoms with Gasteiger partial charge in [0.1, 0.15) is 16.7 Å². The van der Waals surface area contributed by atoms with Gasteiger partial charge in [0, 0.05) is 17.4 Å². The molecule has 1 aromatic rings. The van der Waals surface area contributed by atoms with Crippen LogP contribution in [0, 0.1) is 18.3 Å². The van der Waals surface area contributed by atoms with E-state index in [0.29, 0.717) is 5.56 Å². The van der Waals surface area contributed by atoms with Crippen molar-refractivity contribution in [2.24, 2.45) is 0 Å². The van der Waals surface area contributed by atoms with Gasteiger partial charge < -0.3 is 4.74 Å². The lowest BCUT2D eigenvalue weighted by atomic mass is 10.0. The molecule has 0 saturated heterocycles. The van der Waals surface area contributed by atoms with Gasteiger partial charge in [0.05, 0.1) is 7.11 Å². The molecule has 0 aromatic heterocycles. The van der Waals surface area contributed by atoms with Crippen LogP contribution >= 0.6 is 0 Å². The lowest BCUT2D eigenvalue weighted by Gasteiger charge is -2.11. The number of Topliss-reactive ketones (excluding diaryl/α,β-unsaturated/α-hetero) is 1. The van der Waals surface area contributed by atoms with Crippen LogP contribution in [0.5, 0.6) is 5.75 Å². The smallest absolute Gasteiger partial charge is 0.262 e. The molecule has 0 amide bonds. The number of carbonyl (C=O) groups is 1. The van der Waals surface area contributed by atoms with Crippen LogP contribution in [-0.2, 0) is 9.84 Å². The summed E-state index contributed by atoms with van der Waals surface area (Å²) in [6, 6.07) is 4.08. The monoisotopic (exact) mass is 253 g/mol. The van der Waals surface area contributed by atoms with Crippen molar-refractivity contribution >= 4 is 15.6 Å². The number of carbonyl (C=O) groups excluding carboxylic acids is 1. The zero-order valence-electron chi connectivity index (χ0n) is 9.64. The van der Waals surface area contributed by atoms with Crippen LogP contribution in [0.15, 0.2) is 17.0 Å². The maximum atomic E-state index is 11.5. The number of ether oxygens (including phenoxy) is 1. The Morgan fingerprint density at radius 1 is 1.41 bits per heavy atom. The molecule has 0 aliphatic rings. The van der Waals surface area contributed by atoms with Crippen molar-refractivity contribution in [3.05, 3.63) is 23.3 Å². The van der Waals surface area contributed by atoms with Crippen molar-refractivity contribution < 1.29 is 17.9 Å². The summed E-state index contributed by atoms with van der Waals surface area (Å²) in [7, 11) is -2.12. The fourth-order valence-corrected chi connectivity index (χ4v) is 2.41. The van der Waals surface area contributed by atoms with E-state index in [4.69, 9.17) is 10.00 Å². The van der Waals surface area contributed by atoms with Crippen molar-refractivity contribution in [1.29, 1.82) is 5.26 Å². The Balaban J connectivity index is 3.61. The van der Waals surface area contributed by atoms with Crippen LogP contribution in [-0.4, -0.2) is 27.6 Å². The number of nitrogens with zero attached hydrogens (tertiary/aromatic N) is 1. The molecule has 17 heavy (non-hydrogen) atoms. The lowest BCUT2D eigenvalue weighted by Crippen LogP contribution is -2.06. The van der Waals surface area contributed by atoms with Gasteiger partial charge in [-0.25, -0.2) is 8.42 Å². The van der Waals surface area contributed by atoms with Crippen molar-refractivity contribution in [2.75, 3.05) is 13.4 Å². The summed E-state index contributed by atoms with van der Waals surface area (Å²) in [4.78, 5) is 11.3. The Hall–Kier alpha value is -1.87. The molecule has 0 aliphatic carbocycles. The molecular formula is C11H11NO4S. The fourth-order valence-electron chi connectivity index (χ4n) is 1.52. The molecule has 0 heterocycles. The molecular weight excluding hydrogens is 242 g/mol. The minimum atomic E-state index is -3.44. The Morgan fingerprint density at radius 2 is 2.00 bits per heavy atom. The lowest BCUT2D eigenvalue weighted by molar-refractivity contribution is 0.105. The predicted octanol–water partition coefficient (Wildman–Crippen LogP) is 1.11. The first-order valence-corrected chi connectivity index (χ1v) is 6.54. The molecule has 0 N–H and O–H groups in total. The average molecular weight is 253 g/mol. The molecule has 0 aliphatic heterocycles. The van der Waals surface area contributed by atoms with Crippen LogP contribution in [0.25, 0.3) is 0 Å². The van der Waals surface area contributed by atoms with Crippen LogP contribution in [0.2, 0.25) is 0 Å². The van der Waals surface area contributed by atoms with E-state index in [2.05, 4.69) is 0 Å². The summed E-state index contributed by atoms with van der Waals surface area (Å²) in [5, 5.41) is 8.55. The normalized spacial score (nSPS) is 10.7. The van der Waals surface area contributed by atoms with E-state index in [-0.39, 0.29) is 16.2 Å². The Kier molecular flexibility index (Phi) is 3.53. The van der Waals surface area contributed by atoms with Crippen LogP contribution < -0.4 is 4.74 Å². The molecule has 6 heteroatoms. The van der Waals surface area contributed by atoms with Crippen LogP contribution in [0.1, 0.15) is 15.9 Å². The largest absolute Gasteiger partial charge is 0.495 e. The molecule has 0 unspecified atom stereocenters. The number of nitriles is 1. The zero-order chi connectivity index (χ0) is 13.2. The third-order valence-electron chi connectivity index (χ3n) is 2.32. The van der Waals surface area contributed by atoms with E-state index in [9.17, 15) is 13.2 Å². The molecule has 0 saturated carbocycles. The van der Waals surface area contributed by atoms with Gasteiger partial charge in [0.25, 0.3) is 5.78 Å². The van der Waals surface area contributed by atoms with Gasteiger partial charge in [-0.05, 0) is 19.1 Å². The van der Waals surface area contributed by atoms with Gasteiger partial charge in [0.2, 0.25) is 0 Å². The van der Waals surface area contributed by atoms with E-state index in [1.54, 1.807) is 0 Å². The Labute approximate surface area is 99.5 Å². The highest BCUT2D eigenvalue weighted by Crippen LogP contribution is 2.30.